The van der Waals surface area contributed by atoms with Gasteiger partial charge in [0.2, 0.25) is 0 Å². The Labute approximate surface area is 136 Å². The van der Waals surface area contributed by atoms with E-state index in [9.17, 15) is 9.50 Å². The van der Waals surface area contributed by atoms with Crippen LogP contribution in [0.3, 0.4) is 0 Å². The van der Waals surface area contributed by atoms with Gasteiger partial charge >= 0.3 is 0 Å². The lowest BCUT2D eigenvalue weighted by Crippen LogP contribution is -2.03. The summed E-state index contributed by atoms with van der Waals surface area (Å²) in [4.78, 5) is 0. The minimum atomic E-state index is -0.639. The quantitative estimate of drug-likeness (QED) is 0.662. The summed E-state index contributed by atoms with van der Waals surface area (Å²) in [6, 6.07) is 10.4. The summed E-state index contributed by atoms with van der Waals surface area (Å²) in [6.45, 7) is 0. The van der Waals surface area contributed by atoms with E-state index in [2.05, 4.69) is 47.8 Å². The highest BCUT2D eigenvalue weighted by atomic mass is 79.9. The molecule has 0 radical (unpaired) electrons. The van der Waals surface area contributed by atoms with E-state index in [4.69, 9.17) is 0 Å². The van der Waals surface area contributed by atoms with Crippen LogP contribution in [0.2, 0.25) is 0 Å². The Morgan fingerprint density at radius 2 is 1.74 bits per heavy atom. The second-order valence-electron chi connectivity index (χ2n) is 4.13. The van der Waals surface area contributed by atoms with E-state index in [1.165, 1.54) is 6.07 Å². The van der Waals surface area contributed by atoms with Gasteiger partial charge in [0, 0.05) is 15.4 Å². The Bertz CT molecular complexity index is 601. The molecule has 1 nitrogen and oxygen atoms in total. The molecule has 2 aromatic rings. The average Bonchev–Trinajstić information content (AvgIpc) is 2.33. The van der Waals surface area contributed by atoms with Crippen LogP contribution in [0, 0.1) is 5.82 Å². The largest absolute Gasteiger partial charge is 0.388 e. The van der Waals surface area contributed by atoms with Crippen LogP contribution >= 0.6 is 47.8 Å². The van der Waals surface area contributed by atoms with E-state index in [-0.39, 0.29) is 5.82 Å². The van der Waals surface area contributed by atoms with Crippen molar-refractivity contribution in [3.63, 3.8) is 0 Å². The maximum atomic E-state index is 13.1. The molecule has 0 aliphatic rings. The first-order valence-electron chi connectivity index (χ1n) is 5.54. The summed E-state index contributed by atoms with van der Waals surface area (Å²) in [5.74, 6) is -0.303. The molecule has 0 aromatic heterocycles. The van der Waals surface area contributed by atoms with Crippen molar-refractivity contribution >= 4 is 47.8 Å². The van der Waals surface area contributed by atoms with Crippen molar-refractivity contribution in [3.8, 4) is 0 Å². The SMILES string of the molecule is OC(Cc1ccc(F)c(Br)c1)c1ccc(Br)cc1Br. The first kappa shape index (κ1) is 15.2. The normalized spacial score (nSPS) is 12.5. The van der Waals surface area contributed by atoms with Crippen molar-refractivity contribution in [2.24, 2.45) is 0 Å². The highest BCUT2D eigenvalue weighted by Gasteiger charge is 2.13. The van der Waals surface area contributed by atoms with E-state index < -0.39 is 6.10 Å². The van der Waals surface area contributed by atoms with Gasteiger partial charge in [0.25, 0.3) is 0 Å². The van der Waals surface area contributed by atoms with Gasteiger partial charge in [-0.05, 0) is 51.3 Å². The smallest absolute Gasteiger partial charge is 0.137 e. The third kappa shape index (κ3) is 3.88. The topological polar surface area (TPSA) is 20.2 Å². The van der Waals surface area contributed by atoms with Crippen LogP contribution in [0.4, 0.5) is 4.39 Å². The third-order valence-corrected chi connectivity index (χ3v) is 4.52. The molecule has 2 rings (SSSR count). The summed E-state index contributed by atoms with van der Waals surface area (Å²) < 4.78 is 15.3. The summed E-state index contributed by atoms with van der Waals surface area (Å²) in [6.07, 6.45) is -0.209. The van der Waals surface area contributed by atoms with E-state index in [0.29, 0.717) is 10.9 Å². The lowest BCUT2D eigenvalue weighted by atomic mass is 10.0. The van der Waals surface area contributed by atoms with Gasteiger partial charge in [-0.2, -0.15) is 0 Å². The molecule has 100 valence electrons. The van der Waals surface area contributed by atoms with E-state index >= 15 is 0 Å². The second-order valence-corrected chi connectivity index (χ2v) is 6.76. The molecule has 1 unspecified atom stereocenters. The predicted octanol–water partition coefficient (Wildman–Crippen LogP) is 5.39. The Morgan fingerprint density at radius 3 is 2.37 bits per heavy atom. The van der Waals surface area contributed by atoms with Crippen LogP contribution in [0.1, 0.15) is 17.2 Å². The molecule has 0 spiro atoms. The van der Waals surface area contributed by atoms with Crippen molar-refractivity contribution < 1.29 is 9.50 Å². The van der Waals surface area contributed by atoms with E-state index in [1.807, 2.05) is 18.2 Å². The lowest BCUT2D eigenvalue weighted by molar-refractivity contribution is 0.177. The summed E-state index contributed by atoms with van der Waals surface area (Å²) in [5, 5.41) is 10.3. The number of hydrogen-bond acceptors (Lipinski definition) is 1. The maximum absolute atomic E-state index is 13.1. The number of aliphatic hydroxyl groups excluding tert-OH is 1. The Hall–Kier alpha value is -0.230. The predicted molar refractivity (Wildman–Crippen MR) is 84.6 cm³/mol. The molecule has 0 aliphatic carbocycles. The van der Waals surface area contributed by atoms with Crippen LogP contribution in [-0.2, 0) is 6.42 Å². The molecule has 1 atom stereocenters. The summed E-state index contributed by atoms with van der Waals surface area (Å²) in [5.41, 5.74) is 1.68. The summed E-state index contributed by atoms with van der Waals surface area (Å²) >= 11 is 9.94. The Kier molecular flexibility index (Phi) is 5.17. The first-order chi connectivity index (χ1) is 8.97. The zero-order chi connectivity index (χ0) is 14.0. The molecule has 0 saturated heterocycles. The lowest BCUT2D eigenvalue weighted by Gasteiger charge is -2.13. The Morgan fingerprint density at radius 1 is 1.00 bits per heavy atom. The van der Waals surface area contributed by atoms with Crippen LogP contribution in [0.5, 0.6) is 0 Å². The molecule has 0 saturated carbocycles. The minimum absolute atomic E-state index is 0.303. The molecule has 5 heteroatoms. The van der Waals surface area contributed by atoms with Gasteiger partial charge in [-0.1, -0.05) is 44.0 Å². The number of benzene rings is 2. The van der Waals surface area contributed by atoms with Crippen molar-refractivity contribution in [1.29, 1.82) is 0 Å². The molecule has 19 heavy (non-hydrogen) atoms. The molecule has 2 aromatic carbocycles. The van der Waals surface area contributed by atoms with Crippen LogP contribution in [0.25, 0.3) is 0 Å². The van der Waals surface area contributed by atoms with Crippen LogP contribution in [0.15, 0.2) is 49.8 Å². The number of rotatable bonds is 3. The summed E-state index contributed by atoms with van der Waals surface area (Å²) in [7, 11) is 0. The van der Waals surface area contributed by atoms with Crippen LogP contribution in [-0.4, -0.2) is 5.11 Å². The standard InChI is InChI=1S/C14H10Br3FO/c15-9-2-3-10(11(16)7-9)14(19)6-8-1-4-13(18)12(17)5-8/h1-5,7,14,19H,6H2. The van der Waals surface area contributed by atoms with Crippen molar-refractivity contribution in [1.82, 2.24) is 0 Å². The second kappa shape index (κ2) is 6.48. The molecular weight excluding hydrogens is 443 g/mol. The minimum Gasteiger partial charge on any atom is -0.388 e. The van der Waals surface area contributed by atoms with Gasteiger partial charge in [-0.3, -0.25) is 0 Å². The van der Waals surface area contributed by atoms with Gasteiger partial charge in [-0.25, -0.2) is 4.39 Å². The molecular formula is C14H10Br3FO. The molecule has 0 heterocycles. The van der Waals surface area contributed by atoms with Crippen LogP contribution < -0.4 is 0 Å². The fourth-order valence-corrected chi connectivity index (χ4v) is 3.51. The molecule has 0 amide bonds. The number of aliphatic hydroxyl groups is 1. The van der Waals surface area contributed by atoms with Crippen molar-refractivity contribution in [3.05, 3.63) is 66.8 Å². The van der Waals surface area contributed by atoms with Crippen molar-refractivity contribution in [2.45, 2.75) is 12.5 Å². The highest BCUT2D eigenvalue weighted by molar-refractivity contribution is 9.11. The number of halogens is 4. The zero-order valence-corrected chi connectivity index (χ0v) is 14.5. The number of hydrogen-bond donors (Lipinski definition) is 1. The van der Waals surface area contributed by atoms with Gasteiger partial charge in [-0.15, -0.1) is 0 Å². The maximum Gasteiger partial charge on any atom is 0.137 e. The fourth-order valence-electron chi connectivity index (χ4n) is 1.77. The fraction of sp³-hybridized carbons (Fsp3) is 0.143. The molecule has 1 N–H and O–H groups in total. The van der Waals surface area contributed by atoms with Gasteiger partial charge in [0.05, 0.1) is 10.6 Å². The van der Waals surface area contributed by atoms with E-state index in [0.717, 1.165) is 20.1 Å². The van der Waals surface area contributed by atoms with Crippen molar-refractivity contribution in [2.75, 3.05) is 0 Å². The zero-order valence-electron chi connectivity index (χ0n) is 9.71. The monoisotopic (exact) mass is 450 g/mol. The van der Waals surface area contributed by atoms with E-state index in [1.54, 1.807) is 12.1 Å². The molecule has 0 aliphatic heterocycles. The van der Waals surface area contributed by atoms with Gasteiger partial charge < -0.3 is 5.11 Å². The highest BCUT2D eigenvalue weighted by Crippen LogP contribution is 2.29. The Balaban J connectivity index is 2.20. The molecule has 0 fully saturated rings. The van der Waals surface area contributed by atoms with Gasteiger partial charge in [0.1, 0.15) is 5.82 Å². The average molecular weight is 453 g/mol. The third-order valence-electron chi connectivity index (χ3n) is 2.73. The molecule has 0 bridgehead atoms. The first-order valence-corrected chi connectivity index (χ1v) is 7.92. The van der Waals surface area contributed by atoms with Gasteiger partial charge in [0.15, 0.2) is 0 Å².